The Hall–Kier alpha value is -4.54. The first-order valence-corrected chi connectivity index (χ1v) is 21.2. The predicted molar refractivity (Wildman–Crippen MR) is 247 cm³/mol. The SMILES string of the molecule is CCOCCCOc1c(-c2cc(C)cc(-c3cc(C(C)(C)C)cc(C(C)(C)C)c3)c2O)cc(C)cc1-c1cc(C)cc(-c2cc(C(C)(C)C)cc(C(C)(C)C)c2)c1O. The Morgan fingerprint density at radius 2 is 0.724 bits per heavy atom. The lowest BCUT2D eigenvalue weighted by Crippen LogP contribution is -2.16. The molecule has 58 heavy (non-hydrogen) atoms. The third-order valence-corrected chi connectivity index (χ3v) is 11.2. The molecule has 5 rings (SSSR count). The van der Waals surface area contributed by atoms with Crippen molar-refractivity contribution in [1.29, 1.82) is 0 Å². The lowest BCUT2D eigenvalue weighted by atomic mass is 9.78. The minimum absolute atomic E-state index is 0.0801. The van der Waals surface area contributed by atoms with Crippen molar-refractivity contribution in [3.8, 4) is 61.8 Å². The van der Waals surface area contributed by atoms with Crippen LogP contribution in [0, 0.1) is 20.8 Å². The van der Waals surface area contributed by atoms with E-state index in [1.165, 1.54) is 22.3 Å². The van der Waals surface area contributed by atoms with E-state index < -0.39 is 0 Å². The van der Waals surface area contributed by atoms with Gasteiger partial charge in [0.05, 0.1) is 6.61 Å². The molecule has 0 saturated carbocycles. The van der Waals surface area contributed by atoms with Crippen molar-refractivity contribution in [3.05, 3.63) is 112 Å². The van der Waals surface area contributed by atoms with Crippen molar-refractivity contribution in [2.45, 2.75) is 139 Å². The minimum atomic E-state index is -0.0801. The van der Waals surface area contributed by atoms with Gasteiger partial charge in [0.2, 0.25) is 0 Å². The molecule has 0 heterocycles. The van der Waals surface area contributed by atoms with Crippen molar-refractivity contribution in [1.82, 2.24) is 0 Å². The van der Waals surface area contributed by atoms with Gasteiger partial charge in [-0.3, -0.25) is 0 Å². The molecule has 0 bridgehead atoms. The molecule has 0 fully saturated rings. The largest absolute Gasteiger partial charge is 0.507 e. The highest BCUT2D eigenvalue weighted by Gasteiger charge is 2.27. The van der Waals surface area contributed by atoms with Gasteiger partial charge in [-0.25, -0.2) is 0 Å². The number of aromatic hydroxyl groups is 2. The van der Waals surface area contributed by atoms with Gasteiger partial charge in [0.1, 0.15) is 17.2 Å². The van der Waals surface area contributed by atoms with Crippen molar-refractivity contribution < 1.29 is 19.7 Å². The molecule has 0 atom stereocenters. The lowest BCUT2D eigenvalue weighted by Gasteiger charge is -2.27. The van der Waals surface area contributed by atoms with E-state index in [9.17, 15) is 10.2 Å². The molecule has 0 aromatic heterocycles. The summed E-state index contributed by atoms with van der Waals surface area (Å²) in [5, 5.41) is 25.0. The normalized spacial score (nSPS) is 12.6. The molecule has 4 nitrogen and oxygen atoms in total. The number of aryl methyl sites for hydroxylation is 3. The van der Waals surface area contributed by atoms with E-state index in [-0.39, 0.29) is 33.2 Å². The number of rotatable bonds is 10. The number of phenols is 2. The van der Waals surface area contributed by atoms with Crippen LogP contribution in [0.1, 0.15) is 135 Å². The van der Waals surface area contributed by atoms with E-state index in [4.69, 9.17) is 9.47 Å². The monoisotopic (exact) mass is 783 g/mol. The van der Waals surface area contributed by atoms with Crippen molar-refractivity contribution in [3.63, 3.8) is 0 Å². The topological polar surface area (TPSA) is 58.9 Å². The fourth-order valence-electron chi connectivity index (χ4n) is 7.51. The van der Waals surface area contributed by atoms with Gasteiger partial charge in [-0.05, 0) is 136 Å². The van der Waals surface area contributed by atoms with E-state index in [0.717, 1.165) is 50.1 Å². The second-order valence-electron chi connectivity index (χ2n) is 20.6. The molecule has 0 radical (unpaired) electrons. The van der Waals surface area contributed by atoms with Gasteiger partial charge in [-0.2, -0.15) is 0 Å². The average Bonchev–Trinajstić information content (AvgIpc) is 3.11. The number of hydrogen-bond donors (Lipinski definition) is 2. The number of hydrogen-bond acceptors (Lipinski definition) is 4. The third-order valence-electron chi connectivity index (χ3n) is 11.2. The van der Waals surface area contributed by atoms with Gasteiger partial charge in [0.15, 0.2) is 0 Å². The molecular weight excluding hydrogens is 713 g/mol. The highest BCUT2D eigenvalue weighted by Crippen LogP contribution is 2.50. The van der Waals surface area contributed by atoms with Gasteiger partial charge in [-0.15, -0.1) is 0 Å². The van der Waals surface area contributed by atoms with Crippen molar-refractivity contribution in [2.75, 3.05) is 19.8 Å². The molecule has 0 spiro atoms. The summed E-state index contributed by atoms with van der Waals surface area (Å²) in [4.78, 5) is 0. The van der Waals surface area contributed by atoms with Crippen LogP contribution in [0.25, 0.3) is 44.5 Å². The van der Waals surface area contributed by atoms with Crippen LogP contribution in [-0.2, 0) is 26.4 Å². The van der Waals surface area contributed by atoms with Crippen LogP contribution < -0.4 is 4.74 Å². The molecular formula is C54H70O4. The van der Waals surface area contributed by atoms with E-state index >= 15 is 0 Å². The summed E-state index contributed by atoms with van der Waals surface area (Å²) >= 11 is 0. The smallest absolute Gasteiger partial charge is 0.135 e. The van der Waals surface area contributed by atoms with Crippen LogP contribution >= 0.6 is 0 Å². The van der Waals surface area contributed by atoms with Crippen LogP contribution in [0.2, 0.25) is 0 Å². The van der Waals surface area contributed by atoms with Crippen molar-refractivity contribution in [2.24, 2.45) is 0 Å². The van der Waals surface area contributed by atoms with Crippen LogP contribution in [-0.4, -0.2) is 30.0 Å². The van der Waals surface area contributed by atoms with Gasteiger partial charge in [0.25, 0.3) is 0 Å². The standard InChI is InChI=1S/C54H70O4/c1-17-57-19-18-20-58-50-46(44-23-33(2)21-42(48(44)55)36-27-38(51(5,6)7)31-39(28-36)52(8,9)10)25-35(4)26-47(50)45-24-34(3)22-43(49(45)56)37-29-40(53(11,12)13)32-41(30-37)54(14,15)16/h21-32,55-56H,17-20H2,1-16H3. The second-order valence-corrected chi connectivity index (χ2v) is 20.6. The summed E-state index contributed by atoms with van der Waals surface area (Å²) in [5.74, 6) is 1.03. The number of phenolic OH excluding ortho intramolecular Hbond substituents is 2. The fraction of sp³-hybridized carbons (Fsp3) is 0.444. The molecule has 0 amide bonds. The second kappa shape index (κ2) is 16.6. The Balaban J connectivity index is 1.81. The summed E-state index contributed by atoms with van der Waals surface area (Å²) in [6.07, 6.45) is 0.695. The molecule has 0 saturated heterocycles. The van der Waals surface area contributed by atoms with Gasteiger partial charge in [-0.1, -0.05) is 119 Å². The Morgan fingerprint density at radius 1 is 0.414 bits per heavy atom. The predicted octanol–water partition coefficient (Wildman–Crippen LogP) is 14.7. The van der Waals surface area contributed by atoms with E-state index in [2.05, 4.69) is 177 Å². The Bertz CT molecular complexity index is 2060. The Morgan fingerprint density at radius 3 is 1.03 bits per heavy atom. The minimum Gasteiger partial charge on any atom is -0.507 e. The van der Waals surface area contributed by atoms with Gasteiger partial charge >= 0.3 is 0 Å². The molecule has 0 aliphatic heterocycles. The maximum Gasteiger partial charge on any atom is 0.135 e. The first-order valence-electron chi connectivity index (χ1n) is 21.2. The Labute approximate surface area is 350 Å². The summed E-state index contributed by atoms with van der Waals surface area (Å²) < 4.78 is 12.5. The summed E-state index contributed by atoms with van der Waals surface area (Å²) in [5.41, 5.74) is 14.1. The van der Waals surface area contributed by atoms with Crippen LogP contribution in [0.4, 0.5) is 0 Å². The highest BCUT2D eigenvalue weighted by molar-refractivity contribution is 5.93. The number of benzene rings is 5. The Kier molecular flexibility index (Phi) is 12.8. The average molecular weight is 783 g/mol. The molecule has 0 aliphatic rings. The van der Waals surface area contributed by atoms with Gasteiger partial charge < -0.3 is 19.7 Å². The van der Waals surface area contributed by atoms with E-state index in [1.807, 2.05) is 6.92 Å². The third kappa shape index (κ3) is 10.0. The molecule has 0 aliphatic carbocycles. The summed E-state index contributed by atoms with van der Waals surface area (Å²) in [6, 6.07) is 26.0. The molecule has 310 valence electrons. The fourth-order valence-corrected chi connectivity index (χ4v) is 7.51. The van der Waals surface area contributed by atoms with Gasteiger partial charge in [0, 0.05) is 53.0 Å². The quantitative estimate of drug-likeness (QED) is 0.139. The molecule has 5 aromatic rings. The van der Waals surface area contributed by atoms with E-state index in [1.54, 1.807) is 0 Å². The van der Waals surface area contributed by atoms with E-state index in [0.29, 0.717) is 43.1 Å². The summed E-state index contributed by atoms with van der Waals surface area (Å²) in [6.45, 7) is 36.7. The maximum absolute atomic E-state index is 12.5. The van der Waals surface area contributed by atoms with Crippen LogP contribution in [0.5, 0.6) is 17.2 Å². The zero-order chi connectivity index (χ0) is 43.1. The zero-order valence-electron chi connectivity index (χ0n) is 38.5. The first kappa shape index (κ1) is 44.6. The maximum atomic E-state index is 12.5. The lowest BCUT2D eigenvalue weighted by molar-refractivity contribution is 0.131. The zero-order valence-corrected chi connectivity index (χ0v) is 38.5. The number of ether oxygens (including phenoxy) is 2. The molecule has 0 unspecified atom stereocenters. The molecule has 4 heteroatoms. The molecule has 5 aromatic carbocycles. The first-order chi connectivity index (χ1) is 26.8. The summed E-state index contributed by atoms with van der Waals surface area (Å²) in [7, 11) is 0. The van der Waals surface area contributed by atoms with Crippen LogP contribution in [0.15, 0.2) is 72.8 Å². The van der Waals surface area contributed by atoms with Crippen molar-refractivity contribution >= 4 is 0 Å². The highest BCUT2D eigenvalue weighted by atomic mass is 16.5. The molecule has 2 N–H and O–H groups in total. The van der Waals surface area contributed by atoms with Crippen LogP contribution in [0.3, 0.4) is 0 Å².